The van der Waals surface area contributed by atoms with E-state index in [4.69, 9.17) is 0 Å². The summed E-state index contributed by atoms with van der Waals surface area (Å²) < 4.78 is 0. The van der Waals surface area contributed by atoms with Gasteiger partial charge in [-0.05, 0) is 77.1 Å². The molecule has 0 aliphatic heterocycles. The quantitative estimate of drug-likeness (QED) is 0.187. The maximum Gasteiger partial charge on any atom is 0.0209 e. The van der Waals surface area contributed by atoms with Crippen molar-refractivity contribution in [2.24, 2.45) is 0 Å². The van der Waals surface area contributed by atoms with Gasteiger partial charge in [-0.2, -0.15) is 0 Å². The summed E-state index contributed by atoms with van der Waals surface area (Å²) >= 11 is 0. The van der Waals surface area contributed by atoms with Crippen LogP contribution >= 0.6 is 0 Å². The molecule has 0 saturated carbocycles. The molecule has 0 saturated heterocycles. The average Bonchev–Trinajstić information content (AvgIpc) is 2.66. The van der Waals surface area contributed by atoms with Gasteiger partial charge in [0.25, 0.3) is 0 Å². The molecule has 150 valence electrons. The van der Waals surface area contributed by atoms with E-state index in [0.717, 1.165) is 52.4 Å². The summed E-state index contributed by atoms with van der Waals surface area (Å²) in [6, 6.07) is 0. The first-order chi connectivity index (χ1) is 12.9. The first kappa shape index (κ1) is 24.9. The van der Waals surface area contributed by atoms with Crippen LogP contribution in [0, 0.1) is 0 Å². The molecule has 26 heavy (non-hydrogen) atoms. The molecule has 4 nitrogen and oxygen atoms in total. The van der Waals surface area contributed by atoms with Crippen LogP contribution in [-0.4, -0.2) is 52.4 Å². The van der Waals surface area contributed by atoms with E-state index in [1.54, 1.807) is 0 Å². The first-order valence-electron chi connectivity index (χ1n) is 10.4. The van der Waals surface area contributed by atoms with Crippen molar-refractivity contribution in [3.63, 3.8) is 0 Å². The van der Waals surface area contributed by atoms with Crippen LogP contribution in [0.4, 0.5) is 0 Å². The summed E-state index contributed by atoms with van der Waals surface area (Å²) in [5.74, 6) is 0. The molecular formula is C22H42N4. The van der Waals surface area contributed by atoms with Crippen molar-refractivity contribution >= 4 is 0 Å². The van der Waals surface area contributed by atoms with E-state index in [2.05, 4.69) is 45.9 Å². The Labute approximate surface area is 162 Å². The molecule has 0 atom stereocenters. The molecule has 0 aliphatic carbocycles. The lowest BCUT2D eigenvalue weighted by Crippen LogP contribution is -2.22. The molecule has 0 aromatic heterocycles. The third kappa shape index (κ3) is 22.9. The Bertz CT molecular complexity index is 332. The smallest absolute Gasteiger partial charge is 0.0209 e. The van der Waals surface area contributed by atoms with E-state index >= 15 is 0 Å². The summed E-state index contributed by atoms with van der Waals surface area (Å²) in [6.45, 7) is 15.5. The number of nitrogens with one attached hydrogen (secondary N) is 4. The van der Waals surface area contributed by atoms with Crippen molar-refractivity contribution in [3.8, 4) is 0 Å². The number of hydrogen-bond donors (Lipinski definition) is 4. The first-order valence-corrected chi connectivity index (χ1v) is 10.4. The summed E-state index contributed by atoms with van der Waals surface area (Å²) in [5.41, 5.74) is 5.53. The Morgan fingerprint density at radius 1 is 0.462 bits per heavy atom. The zero-order valence-corrected chi connectivity index (χ0v) is 16.9. The third-order valence-corrected chi connectivity index (χ3v) is 4.15. The molecular weight excluding hydrogens is 320 g/mol. The van der Waals surface area contributed by atoms with Gasteiger partial charge in [0.05, 0.1) is 0 Å². The standard InChI is InChI=1S/C22H42N4/c1-3-5-15-23-19-13-21-25-17-11-9-7-8-10-12-18-26-22-14-20-24-16-6-4-2/h5-6,23-26H,1-2,7-22H2. The van der Waals surface area contributed by atoms with Gasteiger partial charge in [0.1, 0.15) is 0 Å². The molecule has 0 heterocycles. The van der Waals surface area contributed by atoms with Crippen molar-refractivity contribution in [1.29, 1.82) is 0 Å². The monoisotopic (exact) mass is 362 g/mol. The molecule has 0 bridgehead atoms. The Morgan fingerprint density at radius 3 is 1.23 bits per heavy atom. The van der Waals surface area contributed by atoms with Crippen LogP contribution in [0.5, 0.6) is 0 Å². The Hall–Kier alpha value is -1.12. The molecule has 0 aromatic rings. The highest BCUT2D eigenvalue weighted by Gasteiger charge is 1.93. The van der Waals surface area contributed by atoms with Crippen molar-refractivity contribution in [2.45, 2.75) is 51.4 Å². The molecule has 0 unspecified atom stereocenters. The van der Waals surface area contributed by atoms with Crippen molar-refractivity contribution in [1.82, 2.24) is 21.3 Å². The number of unbranched alkanes of at least 4 members (excludes halogenated alkanes) is 5. The van der Waals surface area contributed by atoms with Gasteiger partial charge >= 0.3 is 0 Å². The molecule has 0 rings (SSSR count). The Kier molecular flexibility index (Phi) is 22.9. The van der Waals surface area contributed by atoms with Crippen LogP contribution in [-0.2, 0) is 0 Å². The number of rotatable bonds is 21. The van der Waals surface area contributed by atoms with Crippen LogP contribution in [0.3, 0.4) is 0 Å². The lowest BCUT2D eigenvalue weighted by molar-refractivity contribution is 0.538. The minimum absolute atomic E-state index is 0.879. The highest BCUT2D eigenvalue weighted by atomic mass is 14.9. The second kappa shape index (κ2) is 23.9. The Balaban J connectivity index is 3.00. The van der Waals surface area contributed by atoms with Gasteiger partial charge < -0.3 is 21.3 Å². The fraction of sp³-hybridized carbons (Fsp3) is 0.727. The molecule has 0 amide bonds. The van der Waals surface area contributed by atoms with E-state index in [0.29, 0.717) is 0 Å². The third-order valence-electron chi connectivity index (χ3n) is 4.15. The maximum absolute atomic E-state index is 3.54. The second-order valence-corrected chi connectivity index (χ2v) is 6.55. The summed E-state index contributed by atoms with van der Waals surface area (Å²) in [5, 5.41) is 13.7. The van der Waals surface area contributed by atoms with Crippen LogP contribution < -0.4 is 21.3 Å². The fourth-order valence-electron chi connectivity index (χ4n) is 2.63. The average molecular weight is 363 g/mol. The van der Waals surface area contributed by atoms with Crippen molar-refractivity contribution < 1.29 is 0 Å². The lowest BCUT2D eigenvalue weighted by atomic mass is 10.1. The molecule has 4 heteroatoms. The van der Waals surface area contributed by atoms with Crippen LogP contribution in [0.2, 0.25) is 0 Å². The predicted molar refractivity (Wildman–Crippen MR) is 116 cm³/mol. The van der Waals surface area contributed by atoms with Crippen LogP contribution in [0.15, 0.2) is 36.8 Å². The summed E-state index contributed by atoms with van der Waals surface area (Å²) in [7, 11) is 0. The van der Waals surface area contributed by atoms with Crippen molar-refractivity contribution in [3.05, 3.63) is 36.8 Å². The van der Waals surface area contributed by atoms with Gasteiger partial charge in [-0.25, -0.2) is 0 Å². The van der Waals surface area contributed by atoms with Gasteiger partial charge in [-0.1, -0.05) is 38.8 Å². The molecule has 0 radical (unpaired) electrons. The molecule has 0 aliphatic rings. The number of hydrogen-bond acceptors (Lipinski definition) is 4. The Morgan fingerprint density at radius 2 is 0.808 bits per heavy atom. The van der Waals surface area contributed by atoms with E-state index < -0.39 is 0 Å². The normalized spacial score (nSPS) is 10.3. The van der Waals surface area contributed by atoms with E-state index in [9.17, 15) is 0 Å². The summed E-state index contributed by atoms with van der Waals surface area (Å²) in [6.07, 6.45) is 14.3. The predicted octanol–water partition coefficient (Wildman–Crippen LogP) is 3.15. The van der Waals surface area contributed by atoms with Crippen LogP contribution in [0.1, 0.15) is 51.4 Å². The highest BCUT2D eigenvalue weighted by Crippen LogP contribution is 2.04. The zero-order chi connectivity index (χ0) is 19.0. The highest BCUT2D eigenvalue weighted by molar-refractivity contribution is 4.78. The van der Waals surface area contributed by atoms with E-state index in [-0.39, 0.29) is 0 Å². The second-order valence-electron chi connectivity index (χ2n) is 6.55. The molecule has 0 fully saturated rings. The van der Waals surface area contributed by atoms with Gasteiger partial charge in [0.2, 0.25) is 0 Å². The van der Waals surface area contributed by atoms with Crippen LogP contribution in [0.25, 0.3) is 0 Å². The minimum atomic E-state index is 0.879. The SMILES string of the molecule is C=C=CCNCCCNCCCCCCCCNCCCNCC=C=C. The van der Waals surface area contributed by atoms with Crippen molar-refractivity contribution in [2.75, 3.05) is 52.4 Å². The fourth-order valence-corrected chi connectivity index (χ4v) is 2.63. The zero-order valence-electron chi connectivity index (χ0n) is 16.9. The van der Waals surface area contributed by atoms with Gasteiger partial charge in [-0.15, -0.1) is 11.5 Å². The molecule has 4 N–H and O–H groups in total. The van der Waals surface area contributed by atoms with E-state index in [1.807, 2.05) is 12.2 Å². The largest absolute Gasteiger partial charge is 0.317 e. The molecule has 0 aromatic carbocycles. The topological polar surface area (TPSA) is 48.1 Å². The van der Waals surface area contributed by atoms with Gasteiger partial charge in [0.15, 0.2) is 0 Å². The van der Waals surface area contributed by atoms with Gasteiger partial charge in [0, 0.05) is 13.1 Å². The van der Waals surface area contributed by atoms with E-state index in [1.165, 1.54) is 51.4 Å². The van der Waals surface area contributed by atoms with Gasteiger partial charge in [-0.3, -0.25) is 0 Å². The minimum Gasteiger partial charge on any atom is -0.317 e. The molecule has 0 spiro atoms. The maximum atomic E-state index is 3.54. The lowest BCUT2D eigenvalue weighted by Gasteiger charge is -2.06. The summed E-state index contributed by atoms with van der Waals surface area (Å²) in [4.78, 5) is 0.